The Kier molecular flexibility index (Phi) is 3.86. The van der Waals surface area contributed by atoms with Crippen LogP contribution in [0, 0.1) is 0 Å². The maximum atomic E-state index is 11.7. The summed E-state index contributed by atoms with van der Waals surface area (Å²) in [5, 5.41) is 4.60. The van der Waals surface area contributed by atoms with Crippen LogP contribution in [0.2, 0.25) is 0 Å². The highest BCUT2D eigenvalue weighted by atomic mass is 32.2. The molecule has 0 aliphatic carbocycles. The van der Waals surface area contributed by atoms with Crippen LogP contribution in [0.5, 0.6) is 5.75 Å². The van der Waals surface area contributed by atoms with E-state index in [0.717, 1.165) is 31.3 Å². The number of nitrogens with one attached hydrogen (secondary N) is 1. The third-order valence-corrected chi connectivity index (χ3v) is 6.57. The molecule has 2 heterocycles. The molecule has 0 saturated carbocycles. The maximum absolute atomic E-state index is 11.7. The zero-order chi connectivity index (χ0) is 17.6. The number of fused-ring (bicyclic) bond motifs is 2. The number of aromatic nitrogens is 2. The van der Waals surface area contributed by atoms with E-state index in [1.54, 1.807) is 25.3 Å². The van der Waals surface area contributed by atoms with Crippen molar-refractivity contribution in [2.24, 2.45) is 0 Å². The first-order valence-electron chi connectivity index (χ1n) is 7.25. The van der Waals surface area contributed by atoms with Gasteiger partial charge in [0.15, 0.2) is 20.1 Å². The minimum atomic E-state index is -3.23. The van der Waals surface area contributed by atoms with Crippen molar-refractivity contribution in [3.8, 4) is 5.75 Å². The minimum Gasteiger partial charge on any atom is -0.497 e. The Bertz CT molecular complexity index is 1200. The number of hydrogen-bond acceptors (Lipinski definition) is 8. The molecule has 128 valence electrons. The highest BCUT2D eigenvalue weighted by molar-refractivity contribution is 7.90. The first kappa shape index (κ1) is 16.2. The fourth-order valence-electron chi connectivity index (χ4n) is 2.37. The summed E-state index contributed by atoms with van der Waals surface area (Å²) in [6, 6.07) is 10.7. The fraction of sp³-hybridized carbons (Fsp3) is 0.125. The number of sulfone groups is 1. The monoisotopic (exact) mass is 391 g/mol. The van der Waals surface area contributed by atoms with Gasteiger partial charge in [-0.3, -0.25) is 0 Å². The molecule has 9 heteroatoms. The number of anilines is 2. The molecule has 6 nitrogen and oxygen atoms in total. The molecule has 0 aliphatic rings. The lowest BCUT2D eigenvalue weighted by atomic mass is 10.3. The predicted molar refractivity (Wildman–Crippen MR) is 102 cm³/mol. The summed E-state index contributed by atoms with van der Waals surface area (Å²) < 4.78 is 30.4. The normalized spacial score (nSPS) is 11.9. The smallest absolute Gasteiger partial charge is 0.190 e. The quantitative estimate of drug-likeness (QED) is 0.565. The molecule has 0 fully saturated rings. The summed E-state index contributed by atoms with van der Waals surface area (Å²) in [5.41, 5.74) is 1.64. The molecule has 0 radical (unpaired) electrons. The summed E-state index contributed by atoms with van der Waals surface area (Å²) in [4.78, 5) is 9.32. The van der Waals surface area contributed by atoms with Gasteiger partial charge in [-0.2, -0.15) is 0 Å². The lowest BCUT2D eigenvalue weighted by Crippen LogP contribution is -1.95. The predicted octanol–water partition coefficient (Wildman–Crippen LogP) is 4.06. The second kappa shape index (κ2) is 5.94. The van der Waals surface area contributed by atoms with Gasteiger partial charge >= 0.3 is 0 Å². The van der Waals surface area contributed by atoms with E-state index in [1.807, 2.05) is 18.2 Å². The minimum absolute atomic E-state index is 0.294. The summed E-state index contributed by atoms with van der Waals surface area (Å²) in [6.07, 6.45) is 1.20. The summed E-state index contributed by atoms with van der Waals surface area (Å²) in [7, 11) is -1.60. The van der Waals surface area contributed by atoms with Crippen LogP contribution in [-0.4, -0.2) is 31.8 Å². The number of rotatable bonds is 4. The molecule has 0 bridgehead atoms. The van der Waals surface area contributed by atoms with Crippen LogP contribution in [0.3, 0.4) is 0 Å². The Hall–Kier alpha value is -2.23. The fourth-order valence-corrected chi connectivity index (χ4v) is 4.95. The van der Waals surface area contributed by atoms with Gasteiger partial charge in [-0.25, -0.2) is 18.4 Å². The van der Waals surface area contributed by atoms with Gasteiger partial charge in [0.1, 0.15) is 5.75 Å². The molecule has 0 unspecified atom stereocenters. The lowest BCUT2D eigenvalue weighted by Gasteiger charge is -1.96. The third-order valence-electron chi connectivity index (χ3n) is 3.60. The van der Waals surface area contributed by atoms with Crippen molar-refractivity contribution in [2.45, 2.75) is 4.90 Å². The average molecular weight is 391 g/mol. The third kappa shape index (κ3) is 3.17. The molecule has 25 heavy (non-hydrogen) atoms. The van der Waals surface area contributed by atoms with E-state index in [2.05, 4.69) is 15.3 Å². The van der Waals surface area contributed by atoms with Gasteiger partial charge in [0.2, 0.25) is 0 Å². The van der Waals surface area contributed by atoms with Crippen LogP contribution in [0.15, 0.2) is 41.3 Å². The Balaban J connectivity index is 1.68. The molecule has 4 aromatic rings. The van der Waals surface area contributed by atoms with E-state index in [0.29, 0.717) is 10.0 Å². The van der Waals surface area contributed by atoms with Crippen molar-refractivity contribution in [1.82, 2.24) is 9.97 Å². The summed E-state index contributed by atoms with van der Waals surface area (Å²) in [5.74, 6) is 0.788. The van der Waals surface area contributed by atoms with E-state index < -0.39 is 9.84 Å². The lowest BCUT2D eigenvalue weighted by molar-refractivity contribution is 0.415. The SMILES string of the molecule is COc1ccc2nc(Nc3nc4ccc(S(C)(=O)=O)cc4s3)sc2c1. The van der Waals surface area contributed by atoms with Crippen molar-refractivity contribution in [3.05, 3.63) is 36.4 Å². The molecule has 2 aromatic heterocycles. The second-order valence-corrected chi connectivity index (χ2v) is 9.48. The Morgan fingerprint density at radius 1 is 0.960 bits per heavy atom. The van der Waals surface area contributed by atoms with Crippen molar-refractivity contribution < 1.29 is 13.2 Å². The number of thiazole rings is 2. The maximum Gasteiger partial charge on any atom is 0.190 e. The van der Waals surface area contributed by atoms with Gasteiger partial charge in [-0.1, -0.05) is 22.7 Å². The number of ether oxygens (including phenoxy) is 1. The van der Waals surface area contributed by atoms with Crippen LogP contribution >= 0.6 is 22.7 Å². The standard InChI is InChI=1S/C16H13N3O3S3/c1-22-9-3-5-11-13(7-9)23-15(17-11)19-16-18-12-6-4-10(25(2,20)21)8-14(12)24-16/h3-8H,1-2H3,(H,17,18,19). The number of nitrogens with zero attached hydrogens (tertiary/aromatic N) is 2. The highest BCUT2D eigenvalue weighted by Crippen LogP contribution is 2.34. The van der Waals surface area contributed by atoms with Crippen molar-refractivity contribution in [3.63, 3.8) is 0 Å². The molecule has 2 aromatic carbocycles. The largest absolute Gasteiger partial charge is 0.497 e. The van der Waals surface area contributed by atoms with Crippen LogP contribution in [0.25, 0.3) is 20.4 Å². The first-order chi connectivity index (χ1) is 11.9. The van der Waals surface area contributed by atoms with Gasteiger partial charge in [0.05, 0.1) is 32.4 Å². The highest BCUT2D eigenvalue weighted by Gasteiger charge is 2.12. The van der Waals surface area contributed by atoms with Crippen LogP contribution < -0.4 is 10.1 Å². The number of methoxy groups -OCH3 is 1. The van der Waals surface area contributed by atoms with E-state index in [9.17, 15) is 8.42 Å². The summed E-state index contributed by atoms with van der Waals surface area (Å²) >= 11 is 2.90. The molecule has 0 saturated heterocycles. The Morgan fingerprint density at radius 3 is 2.16 bits per heavy atom. The van der Waals surface area contributed by atoms with Gasteiger partial charge in [0.25, 0.3) is 0 Å². The number of hydrogen-bond donors (Lipinski definition) is 1. The van der Waals surface area contributed by atoms with Gasteiger partial charge in [-0.05, 0) is 36.4 Å². The van der Waals surface area contributed by atoms with Crippen molar-refractivity contribution in [2.75, 3.05) is 18.7 Å². The van der Waals surface area contributed by atoms with E-state index in [1.165, 1.54) is 28.9 Å². The summed E-state index contributed by atoms with van der Waals surface area (Å²) in [6.45, 7) is 0. The molecule has 4 rings (SSSR count). The van der Waals surface area contributed by atoms with Crippen LogP contribution in [0.4, 0.5) is 10.3 Å². The molecular formula is C16H13N3O3S3. The van der Waals surface area contributed by atoms with Gasteiger partial charge < -0.3 is 10.1 Å². The van der Waals surface area contributed by atoms with Crippen LogP contribution in [-0.2, 0) is 9.84 Å². The second-order valence-electron chi connectivity index (χ2n) is 5.40. The van der Waals surface area contributed by atoms with Gasteiger partial charge in [-0.15, -0.1) is 0 Å². The Labute approximate surface area is 152 Å². The van der Waals surface area contributed by atoms with E-state index in [4.69, 9.17) is 4.74 Å². The van der Waals surface area contributed by atoms with Crippen molar-refractivity contribution >= 4 is 63.2 Å². The zero-order valence-corrected chi connectivity index (χ0v) is 15.8. The first-order valence-corrected chi connectivity index (χ1v) is 10.8. The van der Waals surface area contributed by atoms with Gasteiger partial charge in [0, 0.05) is 6.26 Å². The molecular weight excluding hydrogens is 378 g/mol. The van der Waals surface area contributed by atoms with E-state index in [-0.39, 0.29) is 0 Å². The molecule has 0 amide bonds. The topological polar surface area (TPSA) is 81.2 Å². The molecule has 0 spiro atoms. The van der Waals surface area contributed by atoms with E-state index >= 15 is 0 Å². The number of benzene rings is 2. The molecule has 0 aliphatic heterocycles. The Morgan fingerprint density at radius 2 is 1.56 bits per heavy atom. The zero-order valence-electron chi connectivity index (χ0n) is 13.3. The molecule has 0 atom stereocenters. The van der Waals surface area contributed by atoms with Crippen LogP contribution in [0.1, 0.15) is 0 Å². The molecule has 1 N–H and O–H groups in total. The average Bonchev–Trinajstić information content (AvgIpc) is 3.14. The van der Waals surface area contributed by atoms with Crippen molar-refractivity contribution in [1.29, 1.82) is 0 Å².